The van der Waals surface area contributed by atoms with Crippen molar-refractivity contribution in [3.63, 3.8) is 0 Å². The van der Waals surface area contributed by atoms with Gasteiger partial charge >= 0.3 is 5.97 Å². The van der Waals surface area contributed by atoms with Crippen LogP contribution in [0.3, 0.4) is 0 Å². The van der Waals surface area contributed by atoms with Gasteiger partial charge in [-0.25, -0.2) is 4.79 Å². The summed E-state index contributed by atoms with van der Waals surface area (Å²) in [5.41, 5.74) is 1.75. The van der Waals surface area contributed by atoms with Crippen LogP contribution in [-0.2, 0) is 11.2 Å². The average molecular weight is 427 g/mol. The molecule has 1 aliphatic rings. The van der Waals surface area contributed by atoms with Gasteiger partial charge in [0.05, 0.1) is 27.4 Å². The summed E-state index contributed by atoms with van der Waals surface area (Å²) in [5, 5.41) is 9.46. The molecule has 0 fully saturated rings. The van der Waals surface area contributed by atoms with Crippen molar-refractivity contribution in [3.05, 3.63) is 51.2 Å². The molecule has 2 aromatic carbocycles. The zero-order chi connectivity index (χ0) is 22.9. The fraction of sp³-hybridized carbons (Fsp3) is 0.348. The summed E-state index contributed by atoms with van der Waals surface area (Å²) in [6.45, 7) is 1.45. The second kappa shape index (κ2) is 8.67. The number of hydrogen-bond donors (Lipinski definition) is 1. The Kier molecular flexibility index (Phi) is 6.19. The summed E-state index contributed by atoms with van der Waals surface area (Å²) in [6.07, 6.45) is 1.10. The van der Waals surface area contributed by atoms with Crippen LogP contribution in [0.15, 0.2) is 29.1 Å². The number of rotatable bonds is 5. The number of hydrogen-bond acceptors (Lipinski definition) is 6. The minimum atomic E-state index is -1.31. The molecular formula is C23H25NO7. The fourth-order valence-corrected chi connectivity index (χ4v) is 4.09. The van der Waals surface area contributed by atoms with Crippen molar-refractivity contribution in [1.82, 2.24) is 4.90 Å². The molecule has 1 unspecified atom stereocenters. The van der Waals surface area contributed by atoms with E-state index in [4.69, 9.17) is 14.2 Å². The SMILES string of the molecule is COc1cc2c(c(OC)c1OC)-c1ccc(C(=O)O)c(=O)cc1C(N(C)C(C)=O)CC2. The molecule has 0 aliphatic heterocycles. The van der Waals surface area contributed by atoms with Gasteiger partial charge in [-0.3, -0.25) is 9.59 Å². The highest BCUT2D eigenvalue weighted by atomic mass is 16.5. The first-order chi connectivity index (χ1) is 14.7. The van der Waals surface area contributed by atoms with E-state index < -0.39 is 17.4 Å². The molecule has 8 heteroatoms. The highest BCUT2D eigenvalue weighted by Crippen LogP contribution is 2.50. The maximum atomic E-state index is 12.7. The Morgan fingerprint density at radius 3 is 2.29 bits per heavy atom. The second-order valence-corrected chi connectivity index (χ2v) is 7.29. The zero-order valence-corrected chi connectivity index (χ0v) is 18.1. The van der Waals surface area contributed by atoms with Crippen LogP contribution in [0, 0.1) is 0 Å². The summed E-state index contributed by atoms with van der Waals surface area (Å²) in [7, 11) is 6.20. The van der Waals surface area contributed by atoms with Crippen molar-refractivity contribution in [2.75, 3.05) is 28.4 Å². The first-order valence-corrected chi connectivity index (χ1v) is 9.72. The van der Waals surface area contributed by atoms with Crippen molar-refractivity contribution in [3.8, 4) is 28.4 Å². The molecule has 2 aromatic rings. The van der Waals surface area contributed by atoms with Crippen molar-refractivity contribution >= 4 is 11.9 Å². The zero-order valence-electron chi connectivity index (χ0n) is 18.1. The summed E-state index contributed by atoms with van der Waals surface area (Å²) in [5.74, 6) is -0.179. The lowest BCUT2D eigenvalue weighted by atomic mass is 9.95. The Balaban J connectivity index is 2.47. The van der Waals surface area contributed by atoms with Gasteiger partial charge in [0.25, 0.3) is 0 Å². The van der Waals surface area contributed by atoms with E-state index in [1.165, 1.54) is 40.4 Å². The summed E-state index contributed by atoms with van der Waals surface area (Å²) < 4.78 is 16.7. The molecule has 1 amide bonds. The predicted molar refractivity (Wildman–Crippen MR) is 114 cm³/mol. The van der Waals surface area contributed by atoms with Crippen LogP contribution in [0.2, 0.25) is 0 Å². The number of fused-ring (bicyclic) bond motifs is 3. The molecule has 164 valence electrons. The molecule has 1 aliphatic carbocycles. The van der Waals surface area contributed by atoms with Crippen LogP contribution in [0.25, 0.3) is 11.1 Å². The molecule has 0 saturated heterocycles. The molecule has 0 radical (unpaired) electrons. The first kappa shape index (κ1) is 22.1. The molecule has 3 rings (SSSR count). The van der Waals surface area contributed by atoms with Crippen LogP contribution < -0.4 is 19.6 Å². The highest BCUT2D eigenvalue weighted by Gasteiger charge is 2.31. The number of amides is 1. The van der Waals surface area contributed by atoms with E-state index >= 15 is 0 Å². The van der Waals surface area contributed by atoms with Gasteiger partial charge in [0.1, 0.15) is 5.56 Å². The molecule has 0 heterocycles. The number of carbonyl (C=O) groups excluding carboxylic acids is 1. The maximum Gasteiger partial charge on any atom is 0.339 e. The third-order valence-corrected chi connectivity index (χ3v) is 5.70. The molecule has 1 atom stereocenters. The first-order valence-electron chi connectivity index (χ1n) is 9.72. The fourth-order valence-electron chi connectivity index (χ4n) is 4.09. The van der Waals surface area contributed by atoms with E-state index in [9.17, 15) is 19.5 Å². The normalized spacial score (nSPS) is 14.5. The predicted octanol–water partition coefficient (Wildman–Crippen LogP) is 2.90. The lowest BCUT2D eigenvalue weighted by molar-refractivity contribution is -0.129. The van der Waals surface area contributed by atoms with Gasteiger partial charge in [-0.2, -0.15) is 0 Å². The van der Waals surface area contributed by atoms with Gasteiger partial charge in [0.2, 0.25) is 11.7 Å². The Labute approximate surface area is 180 Å². The van der Waals surface area contributed by atoms with Gasteiger partial charge < -0.3 is 24.2 Å². The van der Waals surface area contributed by atoms with E-state index in [-0.39, 0.29) is 11.5 Å². The Morgan fingerprint density at radius 1 is 1.06 bits per heavy atom. The third-order valence-electron chi connectivity index (χ3n) is 5.70. The second-order valence-electron chi connectivity index (χ2n) is 7.29. The molecule has 8 nitrogen and oxygen atoms in total. The standard InChI is InChI=1S/C23H25NO7/c1-12(25)24(2)17-9-6-13-10-19(29-3)21(30-4)22(31-5)20(13)14-7-8-15(23(27)28)18(26)11-16(14)17/h7-8,10-11,17H,6,9H2,1-5H3,(H,27,28). The Morgan fingerprint density at radius 2 is 1.74 bits per heavy atom. The highest BCUT2D eigenvalue weighted by molar-refractivity contribution is 5.89. The molecule has 0 saturated carbocycles. The quantitative estimate of drug-likeness (QED) is 0.783. The van der Waals surface area contributed by atoms with Crippen LogP contribution in [-0.4, -0.2) is 50.3 Å². The van der Waals surface area contributed by atoms with Crippen molar-refractivity contribution in [2.24, 2.45) is 0 Å². The molecule has 31 heavy (non-hydrogen) atoms. The summed E-state index contributed by atoms with van der Waals surface area (Å²) >= 11 is 0. The number of carboxylic acid groups (broad SMARTS) is 1. The number of methoxy groups -OCH3 is 3. The Hall–Kier alpha value is -3.55. The minimum absolute atomic E-state index is 0.165. The van der Waals surface area contributed by atoms with Gasteiger partial charge in [-0.15, -0.1) is 0 Å². The maximum absolute atomic E-state index is 12.7. The largest absolute Gasteiger partial charge is 0.493 e. The summed E-state index contributed by atoms with van der Waals surface area (Å²) in [4.78, 5) is 38.1. The monoisotopic (exact) mass is 427 g/mol. The lowest BCUT2D eigenvalue weighted by Crippen LogP contribution is -2.29. The van der Waals surface area contributed by atoms with E-state index in [1.807, 2.05) is 6.07 Å². The van der Waals surface area contributed by atoms with Crippen LogP contribution in [0.5, 0.6) is 17.2 Å². The average Bonchev–Trinajstić information content (AvgIpc) is 2.99. The number of carboxylic acids is 1. The molecule has 1 N–H and O–H groups in total. The number of ether oxygens (including phenoxy) is 3. The third kappa shape index (κ3) is 3.81. The number of carbonyl (C=O) groups is 2. The van der Waals surface area contributed by atoms with Crippen molar-refractivity contribution in [1.29, 1.82) is 0 Å². The lowest BCUT2D eigenvalue weighted by Gasteiger charge is -2.27. The number of aryl methyl sites for hydroxylation is 1. The minimum Gasteiger partial charge on any atom is -0.493 e. The number of aromatic carboxylic acids is 1. The van der Waals surface area contributed by atoms with Crippen LogP contribution in [0.4, 0.5) is 0 Å². The molecule has 0 aromatic heterocycles. The van der Waals surface area contributed by atoms with Gasteiger partial charge in [-0.1, -0.05) is 6.07 Å². The van der Waals surface area contributed by atoms with Gasteiger partial charge in [0.15, 0.2) is 16.9 Å². The van der Waals surface area contributed by atoms with Crippen LogP contribution in [0.1, 0.15) is 40.9 Å². The van der Waals surface area contributed by atoms with E-state index in [0.717, 1.165) is 5.56 Å². The summed E-state index contributed by atoms with van der Waals surface area (Å²) in [6, 6.07) is 5.62. The number of nitrogens with zero attached hydrogens (tertiary/aromatic N) is 1. The molecule has 0 bridgehead atoms. The Bertz CT molecular complexity index is 1110. The molecule has 0 spiro atoms. The van der Waals surface area contributed by atoms with Gasteiger partial charge in [0, 0.05) is 19.5 Å². The van der Waals surface area contributed by atoms with E-state index in [2.05, 4.69) is 0 Å². The van der Waals surface area contributed by atoms with Crippen molar-refractivity contribution in [2.45, 2.75) is 25.8 Å². The smallest absolute Gasteiger partial charge is 0.339 e. The number of benzene rings is 1. The van der Waals surface area contributed by atoms with Crippen LogP contribution >= 0.6 is 0 Å². The topological polar surface area (TPSA) is 102 Å². The molecular weight excluding hydrogens is 402 g/mol. The van der Waals surface area contributed by atoms with E-state index in [0.29, 0.717) is 46.8 Å². The van der Waals surface area contributed by atoms with E-state index in [1.54, 1.807) is 18.0 Å². The van der Waals surface area contributed by atoms with Gasteiger partial charge in [-0.05, 0) is 47.7 Å². The van der Waals surface area contributed by atoms with Crippen molar-refractivity contribution < 1.29 is 28.9 Å².